The molecule has 0 bridgehead atoms. The fourth-order valence-electron chi connectivity index (χ4n) is 1.92. The smallest absolute Gasteiger partial charge is 0.248 e. The number of rotatable bonds is 3. The molecule has 1 atom stereocenters. The number of nitrogens with one attached hydrogen (secondary N) is 1. The van der Waals surface area contributed by atoms with E-state index in [2.05, 4.69) is 17.5 Å². The summed E-state index contributed by atoms with van der Waals surface area (Å²) in [5, 5.41) is 2.84. The van der Waals surface area contributed by atoms with Crippen LogP contribution in [0.15, 0.2) is 54.6 Å². The van der Waals surface area contributed by atoms with Crippen molar-refractivity contribution < 1.29 is 4.79 Å². The molecular formula is C15H17NO. The maximum Gasteiger partial charge on any atom is 0.248 e. The normalized spacial score (nSPS) is 19.4. The van der Waals surface area contributed by atoms with Crippen molar-refractivity contribution in [3.8, 4) is 0 Å². The van der Waals surface area contributed by atoms with Gasteiger partial charge in [0.15, 0.2) is 0 Å². The molecule has 0 saturated carbocycles. The third-order valence-corrected chi connectivity index (χ3v) is 2.87. The van der Waals surface area contributed by atoms with E-state index in [1.807, 2.05) is 36.4 Å². The van der Waals surface area contributed by atoms with Gasteiger partial charge in [-0.3, -0.25) is 4.79 Å². The number of carbonyl (C=O) groups excluding carboxylic acids is 1. The van der Waals surface area contributed by atoms with Gasteiger partial charge in [0.1, 0.15) is 0 Å². The molecule has 0 saturated heterocycles. The summed E-state index contributed by atoms with van der Waals surface area (Å²) in [6, 6.07) is 9.51. The Labute approximate surface area is 102 Å². The number of anilines is 1. The molecule has 1 aliphatic carbocycles. The Kier molecular flexibility index (Phi) is 4.14. The number of hydrogen-bond donors (Lipinski definition) is 1. The minimum absolute atomic E-state index is 0.0502. The highest BCUT2D eigenvalue weighted by atomic mass is 16.1. The number of hydrogen-bond acceptors (Lipinski definition) is 1. The average Bonchev–Trinajstić information content (AvgIpc) is 2.39. The van der Waals surface area contributed by atoms with E-state index in [0.29, 0.717) is 5.92 Å². The maximum absolute atomic E-state index is 11.6. The minimum Gasteiger partial charge on any atom is -0.323 e. The molecule has 1 unspecified atom stereocenters. The van der Waals surface area contributed by atoms with Crippen molar-refractivity contribution in [2.45, 2.75) is 19.3 Å². The molecule has 88 valence electrons. The highest BCUT2D eigenvalue weighted by Gasteiger charge is 2.06. The predicted octanol–water partition coefficient (Wildman–Crippen LogP) is 3.54. The van der Waals surface area contributed by atoms with E-state index >= 15 is 0 Å². The van der Waals surface area contributed by atoms with Crippen LogP contribution >= 0.6 is 0 Å². The van der Waals surface area contributed by atoms with E-state index in [0.717, 1.165) is 24.9 Å². The van der Waals surface area contributed by atoms with Gasteiger partial charge < -0.3 is 5.32 Å². The quantitative estimate of drug-likeness (QED) is 0.621. The molecule has 17 heavy (non-hydrogen) atoms. The highest BCUT2D eigenvalue weighted by Crippen LogP contribution is 2.19. The molecular weight excluding hydrogens is 210 g/mol. The zero-order valence-electron chi connectivity index (χ0n) is 9.80. The van der Waals surface area contributed by atoms with Crippen LogP contribution < -0.4 is 5.32 Å². The lowest BCUT2D eigenvalue weighted by Gasteiger charge is -2.12. The Balaban J connectivity index is 1.85. The Morgan fingerprint density at radius 1 is 1.24 bits per heavy atom. The van der Waals surface area contributed by atoms with Crippen LogP contribution in [0.5, 0.6) is 0 Å². The first-order valence-corrected chi connectivity index (χ1v) is 6.04. The fraction of sp³-hybridized carbons (Fsp3) is 0.267. The summed E-state index contributed by atoms with van der Waals surface area (Å²) in [5.74, 6) is 0.465. The molecule has 1 N–H and O–H groups in total. The van der Waals surface area contributed by atoms with Gasteiger partial charge in [0.05, 0.1) is 0 Å². The zero-order chi connectivity index (χ0) is 11.9. The zero-order valence-corrected chi connectivity index (χ0v) is 9.80. The van der Waals surface area contributed by atoms with Gasteiger partial charge in [-0.1, -0.05) is 36.4 Å². The minimum atomic E-state index is -0.0502. The summed E-state index contributed by atoms with van der Waals surface area (Å²) in [4.78, 5) is 11.6. The van der Waals surface area contributed by atoms with Gasteiger partial charge >= 0.3 is 0 Å². The van der Waals surface area contributed by atoms with Crippen LogP contribution in [-0.2, 0) is 4.79 Å². The lowest BCUT2D eigenvalue weighted by molar-refractivity contribution is -0.111. The molecule has 1 aromatic carbocycles. The molecule has 0 aromatic heterocycles. The van der Waals surface area contributed by atoms with Crippen molar-refractivity contribution in [1.82, 2.24) is 0 Å². The second-order valence-corrected chi connectivity index (χ2v) is 4.26. The van der Waals surface area contributed by atoms with Gasteiger partial charge in [0.2, 0.25) is 5.91 Å². The summed E-state index contributed by atoms with van der Waals surface area (Å²) in [5.41, 5.74) is 0.839. The van der Waals surface area contributed by atoms with Gasteiger partial charge in [-0.25, -0.2) is 0 Å². The third kappa shape index (κ3) is 3.91. The average molecular weight is 227 g/mol. The van der Waals surface area contributed by atoms with E-state index in [1.54, 1.807) is 6.08 Å². The third-order valence-electron chi connectivity index (χ3n) is 2.87. The number of amides is 1. The molecule has 0 radical (unpaired) electrons. The van der Waals surface area contributed by atoms with Gasteiger partial charge in [0.25, 0.3) is 0 Å². The lowest BCUT2D eigenvalue weighted by atomic mass is 9.94. The molecule has 2 rings (SSSR count). The Bertz CT molecular complexity index is 420. The first kappa shape index (κ1) is 11.6. The van der Waals surface area contributed by atoms with Crippen LogP contribution in [0.4, 0.5) is 5.69 Å². The van der Waals surface area contributed by atoms with Gasteiger partial charge in [-0.15, -0.1) is 0 Å². The van der Waals surface area contributed by atoms with Crippen molar-refractivity contribution in [2.24, 2.45) is 5.92 Å². The molecule has 0 fully saturated rings. The van der Waals surface area contributed by atoms with Crippen LogP contribution in [0.25, 0.3) is 0 Å². The van der Waals surface area contributed by atoms with Gasteiger partial charge in [-0.05, 0) is 43.4 Å². The second kappa shape index (κ2) is 6.04. The monoisotopic (exact) mass is 227 g/mol. The van der Waals surface area contributed by atoms with Crippen molar-refractivity contribution in [1.29, 1.82) is 0 Å². The van der Waals surface area contributed by atoms with E-state index < -0.39 is 0 Å². The Hall–Kier alpha value is -1.83. The summed E-state index contributed by atoms with van der Waals surface area (Å²) >= 11 is 0. The summed E-state index contributed by atoms with van der Waals surface area (Å²) in [6.07, 6.45) is 11.4. The number of carbonyl (C=O) groups is 1. The van der Waals surface area contributed by atoms with Crippen molar-refractivity contribution in [3.63, 3.8) is 0 Å². The second-order valence-electron chi connectivity index (χ2n) is 4.26. The van der Waals surface area contributed by atoms with Crippen LogP contribution in [0.1, 0.15) is 19.3 Å². The summed E-state index contributed by atoms with van der Waals surface area (Å²) in [6.45, 7) is 0. The maximum atomic E-state index is 11.6. The Morgan fingerprint density at radius 2 is 2.06 bits per heavy atom. The van der Waals surface area contributed by atoms with E-state index in [9.17, 15) is 4.79 Å². The van der Waals surface area contributed by atoms with Crippen molar-refractivity contribution in [3.05, 3.63) is 54.6 Å². The van der Waals surface area contributed by atoms with Crippen LogP contribution in [0, 0.1) is 5.92 Å². The molecule has 1 amide bonds. The SMILES string of the molecule is O=C(/C=C/C1CC=CCC1)Nc1ccccc1. The standard InChI is InChI=1S/C15H17NO/c17-15(16-14-9-5-2-6-10-14)12-11-13-7-3-1-4-8-13/h1-3,5-6,9-13H,4,7-8H2,(H,16,17)/b12-11+. The number of allylic oxidation sites excluding steroid dienone is 3. The summed E-state index contributed by atoms with van der Waals surface area (Å²) in [7, 11) is 0. The molecule has 2 heteroatoms. The highest BCUT2D eigenvalue weighted by molar-refractivity contribution is 5.99. The van der Waals surface area contributed by atoms with Crippen LogP contribution in [-0.4, -0.2) is 5.91 Å². The van der Waals surface area contributed by atoms with E-state index in [1.165, 1.54) is 0 Å². The summed E-state index contributed by atoms with van der Waals surface area (Å²) < 4.78 is 0. The molecule has 0 aliphatic heterocycles. The molecule has 1 aromatic rings. The fourth-order valence-corrected chi connectivity index (χ4v) is 1.92. The topological polar surface area (TPSA) is 29.1 Å². The predicted molar refractivity (Wildman–Crippen MR) is 70.7 cm³/mol. The number of benzene rings is 1. The van der Waals surface area contributed by atoms with Crippen LogP contribution in [0.2, 0.25) is 0 Å². The Morgan fingerprint density at radius 3 is 2.76 bits per heavy atom. The molecule has 0 heterocycles. The van der Waals surface area contributed by atoms with Crippen molar-refractivity contribution in [2.75, 3.05) is 5.32 Å². The van der Waals surface area contributed by atoms with E-state index in [4.69, 9.17) is 0 Å². The lowest BCUT2D eigenvalue weighted by Crippen LogP contribution is -2.09. The van der Waals surface area contributed by atoms with Crippen molar-refractivity contribution >= 4 is 11.6 Å². The van der Waals surface area contributed by atoms with E-state index in [-0.39, 0.29) is 5.91 Å². The first-order chi connectivity index (χ1) is 8.34. The first-order valence-electron chi connectivity index (χ1n) is 6.04. The van der Waals surface area contributed by atoms with Crippen LogP contribution in [0.3, 0.4) is 0 Å². The number of para-hydroxylation sites is 1. The van der Waals surface area contributed by atoms with Gasteiger partial charge in [0, 0.05) is 5.69 Å². The molecule has 1 aliphatic rings. The largest absolute Gasteiger partial charge is 0.323 e. The van der Waals surface area contributed by atoms with Gasteiger partial charge in [-0.2, -0.15) is 0 Å². The molecule has 0 spiro atoms. The molecule has 2 nitrogen and oxygen atoms in total.